The second-order valence-electron chi connectivity index (χ2n) is 5.31. The highest BCUT2D eigenvalue weighted by molar-refractivity contribution is 6.09. The van der Waals surface area contributed by atoms with Gasteiger partial charge in [0.25, 0.3) is 5.91 Å². The van der Waals surface area contributed by atoms with Crippen molar-refractivity contribution in [3.8, 4) is 0 Å². The number of hydrogen-bond acceptors (Lipinski definition) is 2. The van der Waals surface area contributed by atoms with Crippen LogP contribution in [0.2, 0.25) is 0 Å². The molecule has 0 aliphatic carbocycles. The van der Waals surface area contributed by atoms with Crippen molar-refractivity contribution in [1.29, 1.82) is 0 Å². The van der Waals surface area contributed by atoms with E-state index in [0.29, 0.717) is 5.56 Å². The monoisotopic (exact) mass is 290 g/mol. The van der Waals surface area contributed by atoms with Gasteiger partial charge in [0, 0.05) is 22.2 Å². The fourth-order valence-corrected chi connectivity index (χ4v) is 2.68. The van der Waals surface area contributed by atoms with Crippen LogP contribution in [-0.2, 0) is 0 Å². The lowest BCUT2D eigenvalue weighted by atomic mass is 10.1. The van der Waals surface area contributed by atoms with Crippen molar-refractivity contribution >= 4 is 33.5 Å². The molecule has 0 fully saturated rings. The van der Waals surface area contributed by atoms with Crippen molar-refractivity contribution in [3.05, 3.63) is 60.0 Å². The van der Waals surface area contributed by atoms with Gasteiger partial charge in [-0.3, -0.25) is 4.79 Å². The molecule has 0 bridgehead atoms. The molecule has 0 atom stereocenters. The van der Waals surface area contributed by atoms with E-state index in [2.05, 4.69) is 20.3 Å². The third-order valence-electron chi connectivity index (χ3n) is 3.73. The van der Waals surface area contributed by atoms with E-state index in [9.17, 15) is 4.79 Å². The quantitative estimate of drug-likeness (QED) is 0.527. The lowest BCUT2D eigenvalue weighted by Crippen LogP contribution is -2.11. The molecule has 0 aliphatic rings. The maximum atomic E-state index is 12.5. The molecule has 0 spiro atoms. The summed E-state index contributed by atoms with van der Waals surface area (Å²) in [6.07, 6.45) is 1.62. The van der Waals surface area contributed by atoms with Crippen molar-refractivity contribution in [2.45, 2.75) is 6.92 Å². The van der Waals surface area contributed by atoms with Crippen LogP contribution in [0.15, 0.2) is 48.8 Å². The molecule has 0 aliphatic heterocycles. The van der Waals surface area contributed by atoms with Crippen LogP contribution in [0.3, 0.4) is 0 Å². The van der Waals surface area contributed by atoms with Gasteiger partial charge in [-0.2, -0.15) is 0 Å². The molecular formula is C17H14N4O. The number of rotatable bonds is 2. The number of carbonyl (C=O) groups is 1. The first kappa shape index (κ1) is 12.6. The molecule has 1 amide bonds. The number of H-pyrrole nitrogens is 2. The summed E-state index contributed by atoms with van der Waals surface area (Å²) in [5.74, 6) is -0.136. The van der Waals surface area contributed by atoms with Gasteiger partial charge in [0.05, 0.1) is 23.0 Å². The number of carbonyl (C=O) groups excluding carboxylic acids is 1. The number of anilines is 1. The van der Waals surface area contributed by atoms with Crippen LogP contribution in [0.4, 0.5) is 5.69 Å². The van der Waals surface area contributed by atoms with Crippen LogP contribution in [0.5, 0.6) is 0 Å². The molecule has 5 nitrogen and oxygen atoms in total. The summed E-state index contributed by atoms with van der Waals surface area (Å²) in [5, 5.41) is 3.99. The normalized spacial score (nSPS) is 11.1. The molecule has 3 N–H and O–H groups in total. The highest BCUT2D eigenvalue weighted by Gasteiger charge is 2.10. The number of amides is 1. The molecule has 2 heterocycles. The maximum Gasteiger partial charge on any atom is 0.255 e. The summed E-state index contributed by atoms with van der Waals surface area (Å²) < 4.78 is 0. The zero-order valence-electron chi connectivity index (χ0n) is 12.0. The topological polar surface area (TPSA) is 73.6 Å². The Morgan fingerprint density at radius 3 is 2.95 bits per heavy atom. The lowest BCUT2D eigenvalue weighted by molar-refractivity contribution is 0.102. The van der Waals surface area contributed by atoms with Gasteiger partial charge < -0.3 is 15.3 Å². The molecule has 0 saturated carbocycles. The molecular weight excluding hydrogens is 276 g/mol. The van der Waals surface area contributed by atoms with Crippen LogP contribution in [0.25, 0.3) is 21.9 Å². The van der Waals surface area contributed by atoms with Gasteiger partial charge in [0.2, 0.25) is 0 Å². The van der Waals surface area contributed by atoms with Gasteiger partial charge in [0.1, 0.15) is 0 Å². The number of nitrogens with zero attached hydrogens (tertiary/aromatic N) is 1. The van der Waals surface area contributed by atoms with E-state index in [1.165, 1.54) is 0 Å². The number of aryl methyl sites for hydroxylation is 1. The largest absolute Gasteiger partial charge is 0.359 e. The number of imidazole rings is 1. The Balaban J connectivity index is 1.70. The lowest BCUT2D eigenvalue weighted by Gasteiger charge is -2.06. The van der Waals surface area contributed by atoms with E-state index < -0.39 is 0 Å². The van der Waals surface area contributed by atoms with Gasteiger partial charge in [-0.15, -0.1) is 0 Å². The Bertz CT molecular complexity index is 996. The Kier molecular flexibility index (Phi) is 2.72. The van der Waals surface area contributed by atoms with Gasteiger partial charge in [-0.05, 0) is 43.3 Å². The van der Waals surface area contributed by atoms with E-state index in [1.54, 1.807) is 18.5 Å². The van der Waals surface area contributed by atoms with Crippen molar-refractivity contribution in [2.75, 3.05) is 5.32 Å². The van der Waals surface area contributed by atoms with Crippen LogP contribution >= 0.6 is 0 Å². The van der Waals surface area contributed by atoms with Gasteiger partial charge in [-0.25, -0.2) is 4.98 Å². The smallest absolute Gasteiger partial charge is 0.255 e. The van der Waals surface area contributed by atoms with Crippen molar-refractivity contribution < 1.29 is 4.79 Å². The minimum Gasteiger partial charge on any atom is -0.359 e. The molecule has 2 aromatic carbocycles. The summed E-state index contributed by atoms with van der Waals surface area (Å²) in [6.45, 7) is 2.00. The summed E-state index contributed by atoms with van der Waals surface area (Å²) >= 11 is 0. The first-order chi connectivity index (χ1) is 10.7. The third-order valence-corrected chi connectivity index (χ3v) is 3.73. The second kappa shape index (κ2) is 4.73. The third kappa shape index (κ3) is 2.03. The minimum absolute atomic E-state index is 0.136. The van der Waals surface area contributed by atoms with Gasteiger partial charge in [-0.1, -0.05) is 6.07 Å². The molecule has 0 saturated heterocycles. The molecule has 4 rings (SSSR count). The maximum absolute atomic E-state index is 12.5. The van der Waals surface area contributed by atoms with E-state index in [4.69, 9.17) is 0 Å². The highest BCUT2D eigenvalue weighted by atomic mass is 16.1. The van der Waals surface area contributed by atoms with Crippen molar-refractivity contribution in [2.24, 2.45) is 0 Å². The Morgan fingerprint density at radius 1 is 1.14 bits per heavy atom. The molecule has 4 aromatic rings. The van der Waals surface area contributed by atoms with Crippen LogP contribution < -0.4 is 5.32 Å². The highest BCUT2D eigenvalue weighted by Crippen LogP contribution is 2.24. The van der Waals surface area contributed by atoms with Gasteiger partial charge >= 0.3 is 0 Å². The van der Waals surface area contributed by atoms with Crippen molar-refractivity contribution in [1.82, 2.24) is 15.0 Å². The summed E-state index contributed by atoms with van der Waals surface area (Å²) in [5.41, 5.74) is 5.18. The van der Waals surface area contributed by atoms with E-state index in [-0.39, 0.29) is 5.91 Å². The van der Waals surface area contributed by atoms with E-state index in [0.717, 1.165) is 33.3 Å². The SMILES string of the molecule is Cc1cc2c(NC(=O)c3ccc4nc[nH]c4c3)cccc2[nH]1. The fraction of sp³-hybridized carbons (Fsp3) is 0.0588. The van der Waals surface area contributed by atoms with E-state index in [1.807, 2.05) is 37.3 Å². The molecule has 0 radical (unpaired) electrons. The molecule has 0 unspecified atom stereocenters. The molecule has 2 aromatic heterocycles. The number of hydrogen-bond donors (Lipinski definition) is 3. The van der Waals surface area contributed by atoms with Crippen LogP contribution in [-0.4, -0.2) is 20.9 Å². The first-order valence-electron chi connectivity index (χ1n) is 7.03. The average molecular weight is 290 g/mol. The molecule has 5 heteroatoms. The minimum atomic E-state index is -0.136. The summed E-state index contributed by atoms with van der Waals surface area (Å²) in [4.78, 5) is 22.9. The van der Waals surface area contributed by atoms with Crippen LogP contribution in [0, 0.1) is 6.92 Å². The Labute approximate surface area is 126 Å². The number of fused-ring (bicyclic) bond motifs is 2. The Hall–Kier alpha value is -3.08. The Morgan fingerprint density at radius 2 is 2.05 bits per heavy atom. The first-order valence-corrected chi connectivity index (χ1v) is 7.03. The summed E-state index contributed by atoms with van der Waals surface area (Å²) in [7, 11) is 0. The summed E-state index contributed by atoms with van der Waals surface area (Å²) in [6, 6.07) is 13.3. The number of aromatic nitrogens is 3. The zero-order valence-corrected chi connectivity index (χ0v) is 12.0. The van der Waals surface area contributed by atoms with E-state index >= 15 is 0 Å². The average Bonchev–Trinajstić information content (AvgIpc) is 3.12. The second-order valence-corrected chi connectivity index (χ2v) is 5.31. The van der Waals surface area contributed by atoms with Crippen LogP contribution in [0.1, 0.15) is 16.1 Å². The predicted octanol–water partition coefficient (Wildman–Crippen LogP) is 3.60. The number of nitrogens with one attached hydrogen (secondary N) is 3. The van der Waals surface area contributed by atoms with Gasteiger partial charge in [0.15, 0.2) is 0 Å². The fourth-order valence-electron chi connectivity index (χ4n) is 2.68. The van der Waals surface area contributed by atoms with Crippen molar-refractivity contribution in [3.63, 3.8) is 0 Å². The molecule has 108 valence electrons. The standard InChI is InChI=1S/C17H14N4O/c1-10-7-12-13(20-10)3-2-4-14(12)21-17(22)11-5-6-15-16(8-11)19-9-18-15/h2-9,20H,1H3,(H,18,19)(H,21,22). The zero-order chi connectivity index (χ0) is 15.1. The number of benzene rings is 2. The molecule has 22 heavy (non-hydrogen) atoms. The number of aromatic amines is 2. The predicted molar refractivity (Wildman–Crippen MR) is 87.1 cm³/mol.